The van der Waals surface area contributed by atoms with E-state index in [4.69, 9.17) is 0 Å². The van der Waals surface area contributed by atoms with Crippen LogP contribution in [0.3, 0.4) is 0 Å². The van der Waals surface area contributed by atoms with Gasteiger partial charge in [-0.1, -0.05) is 22.0 Å². The molecule has 5 heteroatoms. The summed E-state index contributed by atoms with van der Waals surface area (Å²) in [6, 6.07) is 6.55. The maximum absolute atomic E-state index is 13.8. The van der Waals surface area contributed by atoms with Gasteiger partial charge in [0.1, 0.15) is 11.9 Å². The maximum atomic E-state index is 13.8. The quantitative estimate of drug-likeness (QED) is 0.908. The molecule has 0 amide bonds. The lowest BCUT2D eigenvalue weighted by Crippen LogP contribution is -2.45. The number of nitriles is 1. The lowest BCUT2D eigenvalue weighted by Gasteiger charge is -2.31. The second-order valence-electron chi connectivity index (χ2n) is 3.98. The van der Waals surface area contributed by atoms with Gasteiger partial charge in [-0.2, -0.15) is 5.26 Å². The third-order valence-electron chi connectivity index (χ3n) is 2.90. The number of hydrogen-bond donors (Lipinski definition) is 1. The summed E-state index contributed by atoms with van der Waals surface area (Å²) in [5.41, 5.74) is 0.456. The SMILES string of the molecule is N#CC(c1ccc(Br)cc1F)N1CCNCC1. The summed E-state index contributed by atoms with van der Waals surface area (Å²) in [4.78, 5) is 2.00. The fourth-order valence-corrected chi connectivity index (χ4v) is 2.34. The highest BCUT2D eigenvalue weighted by Gasteiger charge is 2.24. The van der Waals surface area contributed by atoms with Crippen LogP contribution >= 0.6 is 15.9 Å². The van der Waals surface area contributed by atoms with E-state index in [-0.39, 0.29) is 5.82 Å². The predicted octanol–water partition coefficient (Wildman–Crippen LogP) is 2.06. The Morgan fingerprint density at radius 2 is 2.12 bits per heavy atom. The lowest BCUT2D eigenvalue weighted by molar-refractivity contribution is 0.204. The Balaban J connectivity index is 2.25. The molecule has 17 heavy (non-hydrogen) atoms. The van der Waals surface area contributed by atoms with E-state index in [9.17, 15) is 9.65 Å². The van der Waals surface area contributed by atoms with Gasteiger partial charge in [0.15, 0.2) is 0 Å². The number of hydrogen-bond acceptors (Lipinski definition) is 3. The van der Waals surface area contributed by atoms with Crippen molar-refractivity contribution in [2.45, 2.75) is 6.04 Å². The van der Waals surface area contributed by atoms with E-state index < -0.39 is 6.04 Å². The second-order valence-corrected chi connectivity index (χ2v) is 4.90. The van der Waals surface area contributed by atoms with E-state index in [1.807, 2.05) is 4.90 Å². The minimum atomic E-state index is -0.495. The molecule has 1 aromatic rings. The fourth-order valence-electron chi connectivity index (χ4n) is 2.01. The maximum Gasteiger partial charge on any atom is 0.130 e. The Kier molecular flexibility index (Phi) is 4.11. The summed E-state index contributed by atoms with van der Waals surface area (Å²) >= 11 is 3.22. The van der Waals surface area contributed by atoms with Gasteiger partial charge in [-0.25, -0.2) is 4.39 Å². The van der Waals surface area contributed by atoms with Crippen LogP contribution in [-0.2, 0) is 0 Å². The zero-order valence-electron chi connectivity index (χ0n) is 9.29. The molecular formula is C12H13BrFN3. The third kappa shape index (κ3) is 2.83. The summed E-state index contributed by atoms with van der Waals surface area (Å²) < 4.78 is 14.5. The topological polar surface area (TPSA) is 39.1 Å². The van der Waals surface area contributed by atoms with Crippen molar-refractivity contribution >= 4 is 15.9 Å². The molecule has 1 aromatic carbocycles. The second kappa shape index (κ2) is 5.58. The number of nitrogens with one attached hydrogen (secondary N) is 1. The first-order valence-electron chi connectivity index (χ1n) is 5.51. The van der Waals surface area contributed by atoms with Crippen LogP contribution in [0.2, 0.25) is 0 Å². The molecule has 2 rings (SSSR count). The van der Waals surface area contributed by atoms with Crippen molar-refractivity contribution in [1.29, 1.82) is 5.26 Å². The summed E-state index contributed by atoms with van der Waals surface area (Å²) in [6.45, 7) is 3.23. The van der Waals surface area contributed by atoms with E-state index in [1.54, 1.807) is 12.1 Å². The standard InChI is InChI=1S/C12H13BrFN3/c13-9-1-2-10(11(14)7-9)12(8-15)17-5-3-16-4-6-17/h1-2,7,12,16H,3-6H2. The van der Waals surface area contributed by atoms with Gasteiger partial charge in [0, 0.05) is 36.2 Å². The predicted molar refractivity (Wildman–Crippen MR) is 66.9 cm³/mol. The van der Waals surface area contributed by atoms with Gasteiger partial charge in [-0.15, -0.1) is 0 Å². The Morgan fingerprint density at radius 3 is 2.71 bits per heavy atom. The van der Waals surface area contributed by atoms with E-state index >= 15 is 0 Å². The Hall–Kier alpha value is -0.960. The Labute approximate surface area is 108 Å². The molecule has 0 spiro atoms. The summed E-state index contributed by atoms with van der Waals surface area (Å²) in [5, 5.41) is 12.5. The summed E-state index contributed by atoms with van der Waals surface area (Å²) in [7, 11) is 0. The molecule has 0 bridgehead atoms. The van der Waals surface area contributed by atoms with E-state index in [2.05, 4.69) is 27.3 Å². The monoisotopic (exact) mass is 297 g/mol. The zero-order chi connectivity index (χ0) is 12.3. The molecule has 0 aliphatic carbocycles. The fraction of sp³-hybridized carbons (Fsp3) is 0.417. The van der Waals surface area contributed by atoms with Crippen molar-refractivity contribution in [2.75, 3.05) is 26.2 Å². The van der Waals surface area contributed by atoms with Crippen LogP contribution in [0.4, 0.5) is 4.39 Å². The minimum absolute atomic E-state index is 0.329. The average molecular weight is 298 g/mol. The molecule has 3 nitrogen and oxygen atoms in total. The van der Waals surface area contributed by atoms with Crippen LogP contribution in [0.25, 0.3) is 0 Å². The van der Waals surface area contributed by atoms with Crippen molar-refractivity contribution < 1.29 is 4.39 Å². The molecule has 1 fully saturated rings. The van der Waals surface area contributed by atoms with Gasteiger partial charge in [0.25, 0.3) is 0 Å². The highest BCUT2D eigenvalue weighted by atomic mass is 79.9. The van der Waals surface area contributed by atoms with E-state index in [0.717, 1.165) is 26.2 Å². The third-order valence-corrected chi connectivity index (χ3v) is 3.39. The number of halogens is 2. The van der Waals surface area contributed by atoms with Crippen LogP contribution in [0.15, 0.2) is 22.7 Å². The van der Waals surface area contributed by atoms with Crippen molar-refractivity contribution in [3.8, 4) is 6.07 Å². The molecule has 1 N–H and O–H groups in total. The molecular weight excluding hydrogens is 285 g/mol. The average Bonchev–Trinajstić information content (AvgIpc) is 2.34. The molecule has 90 valence electrons. The van der Waals surface area contributed by atoms with E-state index in [1.165, 1.54) is 6.07 Å². The first kappa shape index (κ1) is 12.5. The zero-order valence-corrected chi connectivity index (χ0v) is 10.9. The number of rotatable bonds is 2. The Morgan fingerprint density at radius 1 is 1.41 bits per heavy atom. The van der Waals surface area contributed by atoms with Gasteiger partial charge in [0.2, 0.25) is 0 Å². The largest absolute Gasteiger partial charge is 0.314 e. The summed E-state index contributed by atoms with van der Waals surface area (Å²) in [5.74, 6) is -0.329. The Bertz CT molecular complexity index is 438. The highest BCUT2D eigenvalue weighted by molar-refractivity contribution is 9.10. The first-order valence-corrected chi connectivity index (χ1v) is 6.31. The van der Waals surface area contributed by atoms with Crippen molar-refractivity contribution in [3.63, 3.8) is 0 Å². The van der Waals surface area contributed by atoms with Gasteiger partial charge < -0.3 is 5.32 Å². The molecule has 0 aromatic heterocycles. The molecule has 1 saturated heterocycles. The number of piperazine rings is 1. The van der Waals surface area contributed by atoms with Crippen molar-refractivity contribution in [2.24, 2.45) is 0 Å². The van der Waals surface area contributed by atoms with E-state index in [0.29, 0.717) is 10.0 Å². The summed E-state index contributed by atoms with van der Waals surface area (Å²) in [6.07, 6.45) is 0. The number of nitrogens with zero attached hydrogens (tertiary/aromatic N) is 2. The molecule has 1 heterocycles. The van der Waals surface area contributed by atoms with Crippen LogP contribution < -0.4 is 5.32 Å². The molecule has 1 atom stereocenters. The van der Waals surface area contributed by atoms with Crippen LogP contribution in [-0.4, -0.2) is 31.1 Å². The van der Waals surface area contributed by atoms with Crippen LogP contribution in [0, 0.1) is 17.1 Å². The van der Waals surface area contributed by atoms with Crippen molar-refractivity contribution in [1.82, 2.24) is 10.2 Å². The normalized spacial score (nSPS) is 18.6. The minimum Gasteiger partial charge on any atom is -0.314 e. The van der Waals surface area contributed by atoms with Crippen LogP contribution in [0.5, 0.6) is 0 Å². The van der Waals surface area contributed by atoms with Gasteiger partial charge >= 0.3 is 0 Å². The smallest absolute Gasteiger partial charge is 0.130 e. The van der Waals surface area contributed by atoms with Crippen LogP contribution in [0.1, 0.15) is 11.6 Å². The van der Waals surface area contributed by atoms with Gasteiger partial charge in [-0.05, 0) is 12.1 Å². The van der Waals surface area contributed by atoms with Gasteiger partial charge in [0.05, 0.1) is 6.07 Å². The molecule has 0 radical (unpaired) electrons. The lowest BCUT2D eigenvalue weighted by atomic mass is 10.1. The highest BCUT2D eigenvalue weighted by Crippen LogP contribution is 2.25. The molecule has 1 aliphatic rings. The van der Waals surface area contributed by atoms with Crippen molar-refractivity contribution in [3.05, 3.63) is 34.1 Å². The molecule has 1 aliphatic heterocycles. The molecule has 0 saturated carbocycles. The van der Waals surface area contributed by atoms with Gasteiger partial charge in [-0.3, -0.25) is 4.90 Å². The number of benzene rings is 1. The molecule has 1 unspecified atom stereocenters. The first-order chi connectivity index (χ1) is 8.22.